The lowest BCUT2D eigenvalue weighted by Crippen LogP contribution is -2.36. The standard InChI is InChI=1S/C16H26FN3/c1-11-6-13(11)10-20(5)15-12(7-14(17)9-18-15)8-19-16(2,3)4/h7,9,11,13,19H,6,8,10H2,1-5H3. The minimum atomic E-state index is -0.271. The predicted octanol–water partition coefficient (Wildman–Crippen LogP) is 3.20. The highest BCUT2D eigenvalue weighted by molar-refractivity contribution is 5.46. The van der Waals surface area contributed by atoms with Crippen LogP contribution in [0.4, 0.5) is 10.2 Å². The summed E-state index contributed by atoms with van der Waals surface area (Å²) in [6.07, 6.45) is 2.60. The van der Waals surface area contributed by atoms with Gasteiger partial charge in [0, 0.05) is 31.2 Å². The molecule has 0 aliphatic heterocycles. The summed E-state index contributed by atoms with van der Waals surface area (Å²) in [6.45, 7) is 10.2. The number of nitrogens with zero attached hydrogens (tertiary/aromatic N) is 2. The number of halogens is 1. The molecule has 4 heteroatoms. The Morgan fingerprint density at radius 3 is 2.65 bits per heavy atom. The van der Waals surface area contributed by atoms with Crippen LogP contribution in [-0.2, 0) is 6.54 Å². The fourth-order valence-electron chi connectivity index (χ4n) is 2.40. The van der Waals surface area contributed by atoms with Crippen LogP contribution >= 0.6 is 0 Å². The predicted molar refractivity (Wildman–Crippen MR) is 81.3 cm³/mol. The molecule has 1 aromatic rings. The van der Waals surface area contributed by atoms with E-state index in [2.05, 4.69) is 42.9 Å². The van der Waals surface area contributed by atoms with Crippen molar-refractivity contribution in [1.82, 2.24) is 10.3 Å². The highest BCUT2D eigenvalue weighted by Crippen LogP contribution is 2.38. The van der Waals surface area contributed by atoms with E-state index in [9.17, 15) is 4.39 Å². The van der Waals surface area contributed by atoms with Gasteiger partial charge in [0.15, 0.2) is 0 Å². The van der Waals surface area contributed by atoms with Gasteiger partial charge in [0.05, 0.1) is 6.20 Å². The van der Waals surface area contributed by atoms with E-state index in [0.717, 1.165) is 29.8 Å². The molecule has 0 amide bonds. The van der Waals surface area contributed by atoms with Crippen molar-refractivity contribution in [3.8, 4) is 0 Å². The second kappa shape index (κ2) is 5.68. The first-order valence-corrected chi connectivity index (χ1v) is 7.37. The van der Waals surface area contributed by atoms with Gasteiger partial charge in [0.2, 0.25) is 0 Å². The molecule has 1 saturated carbocycles. The highest BCUT2D eigenvalue weighted by Gasteiger charge is 2.33. The van der Waals surface area contributed by atoms with E-state index in [1.165, 1.54) is 12.6 Å². The largest absolute Gasteiger partial charge is 0.359 e. The summed E-state index contributed by atoms with van der Waals surface area (Å²) in [6, 6.07) is 1.59. The van der Waals surface area contributed by atoms with Gasteiger partial charge in [-0.25, -0.2) is 9.37 Å². The second-order valence-electron chi connectivity index (χ2n) is 7.09. The lowest BCUT2D eigenvalue weighted by Gasteiger charge is -2.25. The van der Waals surface area contributed by atoms with Gasteiger partial charge in [-0.1, -0.05) is 6.92 Å². The van der Waals surface area contributed by atoms with Crippen LogP contribution in [0.3, 0.4) is 0 Å². The smallest absolute Gasteiger partial charge is 0.141 e. The zero-order valence-corrected chi connectivity index (χ0v) is 13.2. The van der Waals surface area contributed by atoms with Crippen LogP contribution in [0.25, 0.3) is 0 Å². The molecule has 1 aliphatic carbocycles. The quantitative estimate of drug-likeness (QED) is 0.897. The summed E-state index contributed by atoms with van der Waals surface area (Å²) >= 11 is 0. The van der Waals surface area contributed by atoms with Crippen molar-refractivity contribution in [2.45, 2.75) is 46.2 Å². The highest BCUT2D eigenvalue weighted by atomic mass is 19.1. The van der Waals surface area contributed by atoms with Crippen LogP contribution in [0, 0.1) is 17.7 Å². The first kappa shape index (κ1) is 15.2. The van der Waals surface area contributed by atoms with Crippen LogP contribution in [0.15, 0.2) is 12.3 Å². The average Bonchev–Trinajstić information content (AvgIpc) is 3.01. The van der Waals surface area contributed by atoms with Gasteiger partial charge in [-0.2, -0.15) is 0 Å². The number of aromatic nitrogens is 1. The van der Waals surface area contributed by atoms with Gasteiger partial charge >= 0.3 is 0 Å². The van der Waals surface area contributed by atoms with Crippen molar-refractivity contribution in [1.29, 1.82) is 0 Å². The SMILES string of the molecule is CC1CC1CN(C)c1ncc(F)cc1CNC(C)(C)C. The maximum atomic E-state index is 13.5. The summed E-state index contributed by atoms with van der Waals surface area (Å²) in [5.41, 5.74) is 0.934. The van der Waals surface area contributed by atoms with Gasteiger partial charge < -0.3 is 10.2 Å². The zero-order chi connectivity index (χ0) is 14.9. The maximum absolute atomic E-state index is 13.5. The van der Waals surface area contributed by atoms with Crippen LogP contribution in [-0.4, -0.2) is 24.1 Å². The molecule has 0 bridgehead atoms. The summed E-state index contributed by atoms with van der Waals surface area (Å²) in [5, 5.41) is 3.41. The molecule has 1 N–H and O–H groups in total. The molecule has 112 valence electrons. The molecule has 2 unspecified atom stereocenters. The lowest BCUT2D eigenvalue weighted by molar-refractivity contribution is 0.423. The first-order chi connectivity index (χ1) is 9.26. The van der Waals surface area contributed by atoms with Crippen molar-refractivity contribution in [2.24, 2.45) is 11.8 Å². The number of pyridine rings is 1. The van der Waals surface area contributed by atoms with Gasteiger partial charge in [-0.05, 0) is 45.1 Å². The zero-order valence-electron chi connectivity index (χ0n) is 13.2. The van der Waals surface area contributed by atoms with Crippen LogP contribution in [0.1, 0.15) is 39.7 Å². The molecule has 1 aromatic heterocycles. The Morgan fingerprint density at radius 1 is 1.45 bits per heavy atom. The fraction of sp³-hybridized carbons (Fsp3) is 0.688. The molecule has 0 saturated heterocycles. The first-order valence-electron chi connectivity index (χ1n) is 7.37. The third-order valence-electron chi connectivity index (χ3n) is 3.86. The topological polar surface area (TPSA) is 28.2 Å². The Kier molecular flexibility index (Phi) is 4.33. The molecule has 1 heterocycles. The van der Waals surface area contributed by atoms with E-state index >= 15 is 0 Å². The van der Waals surface area contributed by atoms with E-state index in [4.69, 9.17) is 0 Å². The van der Waals surface area contributed by atoms with E-state index < -0.39 is 0 Å². The van der Waals surface area contributed by atoms with Crippen molar-refractivity contribution in [2.75, 3.05) is 18.5 Å². The van der Waals surface area contributed by atoms with Crippen molar-refractivity contribution in [3.63, 3.8) is 0 Å². The van der Waals surface area contributed by atoms with Crippen molar-refractivity contribution >= 4 is 5.82 Å². The molecule has 20 heavy (non-hydrogen) atoms. The van der Waals surface area contributed by atoms with Crippen LogP contribution < -0.4 is 10.2 Å². The molecule has 1 aliphatic rings. The van der Waals surface area contributed by atoms with Crippen LogP contribution in [0.2, 0.25) is 0 Å². The number of nitrogens with one attached hydrogen (secondary N) is 1. The van der Waals surface area contributed by atoms with E-state index in [0.29, 0.717) is 6.54 Å². The van der Waals surface area contributed by atoms with Crippen molar-refractivity contribution < 1.29 is 4.39 Å². The normalized spacial score (nSPS) is 21.9. The summed E-state index contributed by atoms with van der Waals surface area (Å²) in [7, 11) is 2.05. The Morgan fingerprint density at radius 2 is 2.10 bits per heavy atom. The van der Waals surface area contributed by atoms with Gasteiger partial charge in [0.1, 0.15) is 11.6 Å². The fourth-order valence-corrected chi connectivity index (χ4v) is 2.40. The summed E-state index contributed by atoms with van der Waals surface area (Å²) in [4.78, 5) is 6.46. The minimum Gasteiger partial charge on any atom is -0.359 e. The molecule has 2 atom stereocenters. The van der Waals surface area contributed by atoms with Crippen molar-refractivity contribution in [3.05, 3.63) is 23.6 Å². The number of hydrogen-bond acceptors (Lipinski definition) is 3. The molecule has 0 radical (unpaired) electrons. The third kappa shape index (κ3) is 4.17. The third-order valence-corrected chi connectivity index (χ3v) is 3.86. The molecule has 1 fully saturated rings. The van der Waals surface area contributed by atoms with Crippen LogP contribution in [0.5, 0.6) is 0 Å². The number of rotatable bonds is 5. The molecule has 0 spiro atoms. The Labute approximate surface area is 121 Å². The molecule has 2 rings (SSSR count). The Balaban J connectivity index is 2.10. The molecule has 3 nitrogen and oxygen atoms in total. The van der Waals surface area contributed by atoms with Gasteiger partial charge in [-0.15, -0.1) is 0 Å². The summed E-state index contributed by atoms with van der Waals surface area (Å²) in [5.74, 6) is 2.19. The average molecular weight is 279 g/mol. The molecular weight excluding hydrogens is 253 g/mol. The lowest BCUT2D eigenvalue weighted by atomic mass is 10.1. The Bertz CT molecular complexity index is 467. The second-order valence-corrected chi connectivity index (χ2v) is 7.09. The van der Waals surface area contributed by atoms with E-state index in [1.807, 2.05) is 7.05 Å². The van der Waals surface area contributed by atoms with E-state index in [-0.39, 0.29) is 11.4 Å². The maximum Gasteiger partial charge on any atom is 0.141 e. The van der Waals surface area contributed by atoms with Gasteiger partial charge in [0.25, 0.3) is 0 Å². The Hall–Kier alpha value is -1.16. The summed E-state index contributed by atoms with van der Waals surface area (Å²) < 4.78 is 13.5. The van der Waals surface area contributed by atoms with Gasteiger partial charge in [-0.3, -0.25) is 0 Å². The minimum absolute atomic E-state index is 0.00711. The number of hydrogen-bond donors (Lipinski definition) is 1. The monoisotopic (exact) mass is 279 g/mol. The molecular formula is C16H26FN3. The molecule has 0 aromatic carbocycles. The number of anilines is 1. The van der Waals surface area contributed by atoms with E-state index in [1.54, 1.807) is 6.07 Å².